The summed E-state index contributed by atoms with van der Waals surface area (Å²) in [6.07, 6.45) is 0.320. The van der Waals surface area contributed by atoms with E-state index in [0.717, 1.165) is 16.2 Å². The van der Waals surface area contributed by atoms with Gasteiger partial charge in [0.2, 0.25) is 0 Å². The molecule has 19 heavy (non-hydrogen) atoms. The lowest BCUT2D eigenvalue weighted by atomic mass is 10.1. The quantitative estimate of drug-likeness (QED) is 0.849. The van der Waals surface area contributed by atoms with Crippen molar-refractivity contribution in [2.24, 2.45) is 5.73 Å². The Kier molecular flexibility index (Phi) is 4.54. The smallest absolute Gasteiger partial charge is 0.320 e. The molecular formula is C14H15NO3S. The highest BCUT2D eigenvalue weighted by Crippen LogP contribution is 2.16. The van der Waals surface area contributed by atoms with Gasteiger partial charge in [-0.2, -0.15) is 0 Å². The van der Waals surface area contributed by atoms with Crippen molar-refractivity contribution in [1.82, 2.24) is 0 Å². The van der Waals surface area contributed by atoms with Crippen LogP contribution in [0.1, 0.15) is 10.4 Å². The molecule has 2 aromatic rings. The van der Waals surface area contributed by atoms with Gasteiger partial charge in [0.15, 0.2) is 0 Å². The predicted octanol–water partition coefficient (Wildman–Crippen LogP) is 2.28. The molecule has 1 aromatic carbocycles. The Balaban J connectivity index is 1.89. The van der Waals surface area contributed by atoms with Crippen LogP contribution < -0.4 is 10.5 Å². The second-order valence-electron chi connectivity index (χ2n) is 4.16. The third-order valence-electron chi connectivity index (χ3n) is 2.66. The van der Waals surface area contributed by atoms with Crippen LogP contribution in [0.15, 0.2) is 41.8 Å². The van der Waals surface area contributed by atoms with Gasteiger partial charge in [0.05, 0.1) is 0 Å². The van der Waals surface area contributed by atoms with Gasteiger partial charge in [-0.3, -0.25) is 4.79 Å². The van der Waals surface area contributed by atoms with Crippen LogP contribution in [0.4, 0.5) is 0 Å². The summed E-state index contributed by atoms with van der Waals surface area (Å²) in [5.74, 6) is -0.223. The first-order chi connectivity index (χ1) is 9.15. The largest absolute Gasteiger partial charge is 0.488 e. The van der Waals surface area contributed by atoms with Crippen LogP contribution in [0.3, 0.4) is 0 Å². The van der Waals surface area contributed by atoms with Gasteiger partial charge in [-0.25, -0.2) is 0 Å². The molecule has 3 N–H and O–H groups in total. The average molecular weight is 277 g/mol. The molecule has 0 bridgehead atoms. The first-order valence-electron chi connectivity index (χ1n) is 5.87. The first-order valence-corrected chi connectivity index (χ1v) is 6.75. The number of carbonyl (C=O) groups is 1. The number of aliphatic carboxylic acids is 1. The van der Waals surface area contributed by atoms with Crippen molar-refractivity contribution in [2.45, 2.75) is 19.1 Å². The van der Waals surface area contributed by atoms with Gasteiger partial charge in [-0.05, 0) is 35.6 Å². The predicted molar refractivity (Wildman–Crippen MR) is 74.4 cm³/mol. The molecule has 2 rings (SSSR count). The molecule has 5 heteroatoms. The molecule has 0 aliphatic carbocycles. The fourth-order valence-corrected chi connectivity index (χ4v) is 2.23. The molecule has 100 valence electrons. The van der Waals surface area contributed by atoms with Crippen molar-refractivity contribution in [2.75, 3.05) is 0 Å². The molecule has 4 nitrogen and oxygen atoms in total. The third-order valence-corrected chi connectivity index (χ3v) is 3.51. The standard InChI is InChI=1S/C14H15NO3S/c15-13(14(16)17)8-10-3-5-11(6-4-10)18-9-12-2-1-7-19-12/h1-7,13H,8-9,15H2,(H,16,17). The maximum Gasteiger partial charge on any atom is 0.320 e. The molecule has 0 radical (unpaired) electrons. The van der Waals surface area contributed by atoms with E-state index in [9.17, 15) is 4.79 Å². The van der Waals surface area contributed by atoms with Crippen molar-refractivity contribution >= 4 is 17.3 Å². The molecule has 0 amide bonds. The van der Waals surface area contributed by atoms with E-state index in [1.54, 1.807) is 11.3 Å². The Hall–Kier alpha value is -1.85. The fourth-order valence-electron chi connectivity index (χ4n) is 1.61. The summed E-state index contributed by atoms with van der Waals surface area (Å²) in [5.41, 5.74) is 6.37. The van der Waals surface area contributed by atoms with E-state index >= 15 is 0 Å². The molecule has 0 saturated heterocycles. The van der Waals surface area contributed by atoms with E-state index in [4.69, 9.17) is 15.6 Å². The summed E-state index contributed by atoms with van der Waals surface area (Å²) >= 11 is 1.65. The maximum atomic E-state index is 10.7. The van der Waals surface area contributed by atoms with Crippen LogP contribution in [-0.2, 0) is 17.8 Å². The zero-order valence-corrected chi connectivity index (χ0v) is 11.1. The molecule has 0 aliphatic rings. The van der Waals surface area contributed by atoms with Crippen LogP contribution >= 0.6 is 11.3 Å². The van der Waals surface area contributed by atoms with E-state index < -0.39 is 12.0 Å². The zero-order valence-electron chi connectivity index (χ0n) is 10.3. The summed E-state index contributed by atoms with van der Waals surface area (Å²) in [7, 11) is 0. The van der Waals surface area contributed by atoms with Crippen molar-refractivity contribution < 1.29 is 14.6 Å². The van der Waals surface area contributed by atoms with Crippen molar-refractivity contribution in [3.8, 4) is 5.75 Å². The third kappa shape index (κ3) is 4.08. The van der Waals surface area contributed by atoms with Crippen LogP contribution in [0, 0.1) is 0 Å². The average Bonchev–Trinajstić information content (AvgIpc) is 2.91. The van der Waals surface area contributed by atoms with E-state index in [-0.39, 0.29) is 0 Å². The number of carboxylic acids is 1. The summed E-state index contributed by atoms with van der Waals surface area (Å²) in [5, 5.41) is 10.7. The molecular weight excluding hydrogens is 262 g/mol. The van der Waals surface area contributed by atoms with Gasteiger partial charge in [-0.15, -0.1) is 11.3 Å². The van der Waals surface area contributed by atoms with Gasteiger partial charge < -0.3 is 15.6 Å². The number of thiophene rings is 1. The van der Waals surface area contributed by atoms with E-state index in [2.05, 4.69) is 0 Å². The maximum absolute atomic E-state index is 10.7. The van der Waals surface area contributed by atoms with Gasteiger partial charge in [0, 0.05) is 4.88 Å². The lowest BCUT2D eigenvalue weighted by molar-refractivity contribution is -0.138. The van der Waals surface area contributed by atoms with Crippen LogP contribution in [0.5, 0.6) is 5.75 Å². The van der Waals surface area contributed by atoms with Gasteiger partial charge >= 0.3 is 5.97 Å². The number of hydrogen-bond acceptors (Lipinski definition) is 4. The summed E-state index contributed by atoms with van der Waals surface area (Å²) in [6.45, 7) is 0.547. The van der Waals surface area contributed by atoms with Crippen LogP contribution in [0.25, 0.3) is 0 Å². The second kappa shape index (κ2) is 6.36. The van der Waals surface area contributed by atoms with Gasteiger partial charge in [0.1, 0.15) is 18.4 Å². The number of rotatable bonds is 6. The lowest BCUT2D eigenvalue weighted by Crippen LogP contribution is -2.32. The molecule has 0 fully saturated rings. The highest BCUT2D eigenvalue weighted by atomic mass is 32.1. The molecule has 0 saturated carbocycles. The summed E-state index contributed by atoms with van der Waals surface area (Å²) in [6, 6.07) is 10.5. The first kappa shape index (κ1) is 13.6. The number of hydrogen-bond donors (Lipinski definition) is 2. The van der Waals surface area contributed by atoms with E-state index in [0.29, 0.717) is 13.0 Å². The molecule has 1 heterocycles. The molecule has 0 spiro atoms. The number of benzene rings is 1. The van der Waals surface area contributed by atoms with Gasteiger partial charge in [0.25, 0.3) is 0 Å². The lowest BCUT2D eigenvalue weighted by Gasteiger charge is -2.08. The SMILES string of the molecule is NC(Cc1ccc(OCc2cccs2)cc1)C(=O)O. The molecule has 1 aromatic heterocycles. The molecule has 1 unspecified atom stereocenters. The van der Waals surface area contributed by atoms with Crippen molar-refractivity contribution in [3.63, 3.8) is 0 Å². The van der Waals surface area contributed by atoms with Crippen LogP contribution in [0.2, 0.25) is 0 Å². The summed E-state index contributed by atoms with van der Waals surface area (Å²) < 4.78 is 5.62. The minimum atomic E-state index is -0.988. The normalized spacial score (nSPS) is 12.1. The monoisotopic (exact) mass is 277 g/mol. The Morgan fingerprint density at radius 2 is 2.05 bits per heavy atom. The van der Waals surface area contributed by atoms with Crippen molar-refractivity contribution in [1.29, 1.82) is 0 Å². The Bertz CT molecular complexity index is 522. The Morgan fingerprint density at radius 3 is 2.63 bits per heavy atom. The number of carboxylic acid groups (broad SMARTS) is 1. The van der Waals surface area contributed by atoms with Crippen LogP contribution in [-0.4, -0.2) is 17.1 Å². The molecule has 0 aliphatic heterocycles. The fraction of sp³-hybridized carbons (Fsp3) is 0.214. The zero-order chi connectivity index (χ0) is 13.7. The molecule has 1 atom stereocenters. The number of nitrogens with two attached hydrogens (primary N) is 1. The van der Waals surface area contributed by atoms with Crippen molar-refractivity contribution in [3.05, 3.63) is 52.2 Å². The summed E-state index contributed by atoms with van der Waals surface area (Å²) in [4.78, 5) is 11.8. The minimum Gasteiger partial charge on any atom is -0.488 e. The Morgan fingerprint density at radius 1 is 1.32 bits per heavy atom. The second-order valence-corrected chi connectivity index (χ2v) is 5.19. The highest BCUT2D eigenvalue weighted by Gasteiger charge is 2.11. The Labute approximate surface area is 115 Å². The topological polar surface area (TPSA) is 72.5 Å². The van der Waals surface area contributed by atoms with Gasteiger partial charge in [-0.1, -0.05) is 18.2 Å². The van der Waals surface area contributed by atoms with E-state index in [1.807, 2.05) is 41.8 Å². The number of ether oxygens (including phenoxy) is 1. The minimum absolute atomic E-state index is 0.320. The highest BCUT2D eigenvalue weighted by molar-refractivity contribution is 7.09. The van der Waals surface area contributed by atoms with E-state index in [1.165, 1.54) is 0 Å².